The first-order valence-electron chi connectivity index (χ1n) is 7.32. The fourth-order valence-corrected chi connectivity index (χ4v) is 1.94. The largest absolute Gasteiger partial charge is 0.482 e. The molecule has 0 heterocycles. The average Bonchev–Trinajstić information content (AvgIpc) is 2.60. The Kier molecular flexibility index (Phi) is 5.92. The highest BCUT2D eigenvalue weighted by Gasteiger charge is 2.08. The topological polar surface area (TPSA) is 88.4 Å². The quantitative estimate of drug-likeness (QED) is 0.825. The van der Waals surface area contributed by atoms with Gasteiger partial charge in [-0.25, -0.2) is 4.79 Å². The first-order chi connectivity index (χ1) is 11.6. The van der Waals surface area contributed by atoms with Gasteiger partial charge in [0.2, 0.25) is 0 Å². The van der Waals surface area contributed by atoms with E-state index < -0.39 is 5.97 Å². The van der Waals surface area contributed by atoms with E-state index >= 15 is 0 Å². The van der Waals surface area contributed by atoms with Crippen LogP contribution in [-0.4, -0.2) is 25.1 Å². The number of benzene rings is 2. The lowest BCUT2D eigenvalue weighted by Crippen LogP contribution is -2.15. The molecule has 0 aromatic heterocycles. The molecule has 1 amide bonds. The summed E-state index contributed by atoms with van der Waals surface area (Å²) in [5.41, 5.74) is 1.31. The van der Waals surface area contributed by atoms with Crippen LogP contribution in [0.4, 0.5) is 5.69 Å². The Balaban J connectivity index is 2.02. The molecule has 0 bridgehead atoms. The van der Waals surface area contributed by atoms with Crippen molar-refractivity contribution in [2.24, 2.45) is 0 Å². The zero-order valence-corrected chi connectivity index (χ0v) is 13.1. The molecule has 0 radical (unpaired) electrons. The van der Waals surface area contributed by atoms with Crippen LogP contribution in [0.1, 0.15) is 22.8 Å². The van der Waals surface area contributed by atoms with E-state index in [9.17, 15) is 9.59 Å². The van der Waals surface area contributed by atoms with Crippen LogP contribution in [0.25, 0.3) is 0 Å². The number of carbonyl (C=O) groups excluding carboxylic acids is 2. The molecule has 24 heavy (non-hydrogen) atoms. The lowest BCUT2D eigenvalue weighted by molar-refractivity contribution is -0.145. The van der Waals surface area contributed by atoms with E-state index in [1.54, 1.807) is 49.4 Å². The Bertz CT molecular complexity index is 781. The summed E-state index contributed by atoms with van der Waals surface area (Å²) in [6, 6.07) is 15.1. The molecule has 0 aliphatic heterocycles. The third kappa shape index (κ3) is 4.85. The maximum absolute atomic E-state index is 12.2. The molecule has 0 unspecified atom stereocenters. The number of ether oxygens (including phenoxy) is 2. The van der Waals surface area contributed by atoms with Gasteiger partial charge < -0.3 is 14.8 Å². The summed E-state index contributed by atoms with van der Waals surface area (Å²) >= 11 is 0. The van der Waals surface area contributed by atoms with Gasteiger partial charge in [-0.15, -0.1) is 0 Å². The molecule has 2 rings (SSSR count). The molecule has 0 saturated heterocycles. The predicted octanol–water partition coefficient (Wildman–Crippen LogP) is 2.75. The Hall–Kier alpha value is -3.33. The molecule has 2 aromatic rings. The van der Waals surface area contributed by atoms with Gasteiger partial charge >= 0.3 is 5.97 Å². The number of hydrogen-bond acceptors (Lipinski definition) is 5. The van der Waals surface area contributed by atoms with Gasteiger partial charge in [-0.05, 0) is 37.3 Å². The highest BCUT2D eigenvalue weighted by Crippen LogP contribution is 2.18. The van der Waals surface area contributed by atoms with Gasteiger partial charge in [0.05, 0.1) is 18.2 Å². The maximum Gasteiger partial charge on any atom is 0.344 e. The van der Waals surface area contributed by atoms with Gasteiger partial charge in [0, 0.05) is 17.3 Å². The molecule has 0 atom stereocenters. The van der Waals surface area contributed by atoms with E-state index in [1.807, 2.05) is 6.07 Å². The van der Waals surface area contributed by atoms with Gasteiger partial charge in [-0.3, -0.25) is 4.79 Å². The number of carbonyl (C=O) groups is 2. The summed E-state index contributed by atoms with van der Waals surface area (Å²) in [5, 5.41) is 11.6. The number of nitrogens with one attached hydrogen (secondary N) is 1. The molecule has 6 heteroatoms. The van der Waals surface area contributed by atoms with Gasteiger partial charge in [0.15, 0.2) is 6.61 Å². The lowest BCUT2D eigenvalue weighted by Gasteiger charge is -2.09. The van der Waals surface area contributed by atoms with Crippen LogP contribution < -0.4 is 10.1 Å². The van der Waals surface area contributed by atoms with E-state index in [-0.39, 0.29) is 12.5 Å². The highest BCUT2D eigenvalue weighted by molar-refractivity contribution is 6.04. The molecule has 0 saturated carbocycles. The highest BCUT2D eigenvalue weighted by atomic mass is 16.6. The van der Waals surface area contributed by atoms with Crippen LogP contribution in [0.2, 0.25) is 0 Å². The van der Waals surface area contributed by atoms with Crippen molar-refractivity contribution in [3.8, 4) is 11.8 Å². The van der Waals surface area contributed by atoms with E-state index in [0.717, 1.165) is 0 Å². The molecule has 6 nitrogen and oxygen atoms in total. The molecular formula is C18H16N2O4. The predicted molar refractivity (Wildman–Crippen MR) is 87.7 cm³/mol. The third-order valence-corrected chi connectivity index (χ3v) is 3.01. The summed E-state index contributed by atoms with van der Waals surface area (Å²) in [6.45, 7) is 1.81. The number of hydrogen-bond donors (Lipinski definition) is 1. The number of esters is 1. The Morgan fingerprint density at radius 2 is 1.96 bits per heavy atom. The Morgan fingerprint density at radius 1 is 1.17 bits per heavy atom. The maximum atomic E-state index is 12.2. The minimum Gasteiger partial charge on any atom is -0.482 e. The van der Waals surface area contributed by atoms with Gasteiger partial charge in [0.25, 0.3) is 5.91 Å². The summed E-state index contributed by atoms with van der Waals surface area (Å²) in [5.74, 6) is -0.360. The Morgan fingerprint density at radius 3 is 2.71 bits per heavy atom. The minimum absolute atomic E-state index is 0.199. The fraction of sp³-hybridized carbons (Fsp3) is 0.167. The van der Waals surface area contributed by atoms with Crippen LogP contribution in [0.3, 0.4) is 0 Å². The second kappa shape index (κ2) is 8.34. The van der Waals surface area contributed by atoms with Gasteiger partial charge in [0.1, 0.15) is 5.75 Å². The van der Waals surface area contributed by atoms with Crippen molar-refractivity contribution in [1.29, 1.82) is 5.26 Å². The van der Waals surface area contributed by atoms with E-state index in [2.05, 4.69) is 5.32 Å². The molecular weight excluding hydrogens is 308 g/mol. The van der Waals surface area contributed by atoms with Crippen molar-refractivity contribution in [2.45, 2.75) is 6.92 Å². The van der Waals surface area contributed by atoms with Crippen molar-refractivity contribution >= 4 is 17.6 Å². The monoisotopic (exact) mass is 324 g/mol. The Labute approximate surface area is 139 Å². The standard InChI is InChI=1S/C18H16N2O4/c1-2-23-17(21)12-24-16-8-4-7-15(10-16)20-18(22)14-6-3-5-13(9-14)11-19/h3-10H,2,12H2,1H3,(H,20,22). The number of nitrogens with zero attached hydrogens (tertiary/aromatic N) is 1. The van der Waals surface area contributed by atoms with Crippen LogP contribution in [0, 0.1) is 11.3 Å². The molecule has 2 aromatic carbocycles. The molecule has 0 spiro atoms. The van der Waals surface area contributed by atoms with Crippen LogP contribution in [0.5, 0.6) is 5.75 Å². The van der Waals surface area contributed by atoms with Crippen LogP contribution >= 0.6 is 0 Å². The van der Waals surface area contributed by atoms with Gasteiger partial charge in [-0.2, -0.15) is 5.26 Å². The zero-order chi connectivity index (χ0) is 17.4. The van der Waals surface area contributed by atoms with Crippen LogP contribution in [-0.2, 0) is 9.53 Å². The van der Waals surface area contributed by atoms with E-state index in [4.69, 9.17) is 14.7 Å². The summed E-state index contributed by atoms with van der Waals surface area (Å²) < 4.78 is 10.1. The van der Waals surface area contributed by atoms with Crippen molar-refractivity contribution in [3.05, 3.63) is 59.7 Å². The van der Waals surface area contributed by atoms with Crippen LogP contribution in [0.15, 0.2) is 48.5 Å². The second-order valence-corrected chi connectivity index (χ2v) is 4.77. The van der Waals surface area contributed by atoms with Crippen molar-refractivity contribution < 1.29 is 19.1 Å². The van der Waals surface area contributed by atoms with Crippen molar-refractivity contribution in [3.63, 3.8) is 0 Å². The average molecular weight is 324 g/mol. The first-order valence-corrected chi connectivity index (χ1v) is 7.32. The first kappa shape index (κ1) is 17.0. The molecule has 1 N–H and O–H groups in total. The van der Waals surface area contributed by atoms with Crippen molar-refractivity contribution in [2.75, 3.05) is 18.5 Å². The normalized spacial score (nSPS) is 9.67. The number of anilines is 1. The smallest absolute Gasteiger partial charge is 0.344 e. The summed E-state index contributed by atoms with van der Waals surface area (Å²) in [7, 11) is 0. The summed E-state index contributed by atoms with van der Waals surface area (Å²) in [4.78, 5) is 23.5. The lowest BCUT2D eigenvalue weighted by atomic mass is 10.1. The molecule has 0 fully saturated rings. The van der Waals surface area contributed by atoms with E-state index in [0.29, 0.717) is 29.2 Å². The molecule has 0 aliphatic carbocycles. The van der Waals surface area contributed by atoms with E-state index in [1.165, 1.54) is 6.07 Å². The number of nitriles is 1. The summed E-state index contributed by atoms with van der Waals surface area (Å²) in [6.07, 6.45) is 0. The number of amides is 1. The molecule has 122 valence electrons. The minimum atomic E-state index is -0.458. The number of rotatable bonds is 6. The van der Waals surface area contributed by atoms with Gasteiger partial charge in [-0.1, -0.05) is 12.1 Å². The zero-order valence-electron chi connectivity index (χ0n) is 13.1. The fourth-order valence-electron chi connectivity index (χ4n) is 1.94. The van der Waals surface area contributed by atoms with Crippen molar-refractivity contribution in [1.82, 2.24) is 0 Å². The molecule has 0 aliphatic rings. The third-order valence-electron chi connectivity index (χ3n) is 3.01. The second-order valence-electron chi connectivity index (χ2n) is 4.77. The SMILES string of the molecule is CCOC(=O)COc1cccc(NC(=O)c2cccc(C#N)c2)c1.